The average Bonchev–Trinajstić information content (AvgIpc) is 2.62. The van der Waals surface area contributed by atoms with Gasteiger partial charge in [0.15, 0.2) is 0 Å². The molecule has 0 bridgehead atoms. The third kappa shape index (κ3) is 3.23. The quantitative estimate of drug-likeness (QED) is 0.626. The molecular formula is C10H19BrN4S. The van der Waals surface area contributed by atoms with Crippen LogP contribution in [0.2, 0.25) is 0 Å². The summed E-state index contributed by atoms with van der Waals surface area (Å²) in [5.74, 6) is 6.70. The second-order valence-electron chi connectivity index (χ2n) is 3.92. The molecule has 1 aromatic rings. The van der Waals surface area contributed by atoms with Gasteiger partial charge in [-0.2, -0.15) is 16.9 Å². The number of thioether (sulfide) groups is 1. The highest BCUT2D eigenvalue weighted by Gasteiger charge is 2.19. The van der Waals surface area contributed by atoms with E-state index in [1.807, 2.05) is 22.6 Å². The molecule has 1 heterocycles. The minimum Gasteiger partial charge on any atom is -0.271 e. The number of nitrogens with one attached hydrogen (secondary N) is 1. The van der Waals surface area contributed by atoms with Gasteiger partial charge < -0.3 is 0 Å². The molecule has 1 unspecified atom stereocenters. The number of hydrogen-bond acceptors (Lipinski definition) is 4. The first kappa shape index (κ1) is 14.0. The molecule has 0 aliphatic heterocycles. The zero-order chi connectivity index (χ0) is 12.1. The van der Waals surface area contributed by atoms with Gasteiger partial charge in [0.1, 0.15) is 0 Å². The summed E-state index contributed by atoms with van der Waals surface area (Å²) in [4.78, 5) is 0. The summed E-state index contributed by atoms with van der Waals surface area (Å²) in [6.07, 6.45) is 4.93. The number of halogens is 1. The highest BCUT2D eigenvalue weighted by atomic mass is 79.9. The SMILES string of the molecule is CSCCC(NN)c1c(Br)cnn1C(C)C. The zero-order valence-electron chi connectivity index (χ0n) is 9.90. The predicted molar refractivity (Wildman–Crippen MR) is 73.4 cm³/mol. The van der Waals surface area contributed by atoms with Crippen molar-refractivity contribution in [1.29, 1.82) is 0 Å². The van der Waals surface area contributed by atoms with E-state index in [-0.39, 0.29) is 6.04 Å². The summed E-state index contributed by atoms with van der Waals surface area (Å²) >= 11 is 5.36. The van der Waals surface area contributed by atoms with Crippen molar-refractivity contribution in [1.82, 2.24) is 15.2 Å². The summed E-state index contributed by atoms with van der Waals surface area (Å²) in [6, 6.07) is 0.484. The fraction of sp³-hybridized carbons (Fsp3) is 0.700. The molecule has 4 nitrogen and oxygen atoms in total. The van der Waals surface area contributed by atoms with E-state index in [2.05, 4.69) is 46.6 Å². The lowest BCUT2D eigenvalue weighted by molar-refractivity contribution is 0.443. The van der Waals surface area contributed by atoms with Crippen molar-refractivity contribution in [3.63, 3.8) is 0 Å². The van der Waals surface area contributed by atoms with Gasteiger partial charge in [0.25, 0.3) is 0 Å². The van der Waals surface area contributed by atoms with Gasteiger partial charge in [-0.1, -0.05) is 0 Å². The molecule has 6 heteroatoms. The molecule has 92 valence electrons. The van der Waals surface area contributed by atoms with Gasteiger partial charge in [-0.05, 0) is 48.2 Å². The second-order valence-corrected chi connectivity index (χ2v) is 5.76. The van der Waals surface area contributed by atoms with Crippen LogP contribution < -0.4 is 11.3 Å². The van der Waals surface area contributed by atoms with Crippen molar-refractivity contribution in [2.24, 2.45) is 5.84 Å². The van der Waals surface area contributed by atoms with Gasteiger partial charge in [0.05, 0.1) is 22.4 Å². The number of hydrogen-bond donors (Lipinski definition) is 2. The molecule has 0 saturated carbocycles. The van der Waals surface area contributed by atoms with Gasteiger partial charge >= 0.3 is 0 Å². The molecule has 1 rings (SSSR count). The van der Waals surface area contributed by atoms with Crippen LogP contribution in [-0.2, 0) is 0 Å². The van der Waals surface area contributed by atoms with Crippen molar-refractivity contribution in [3.05, 3.63) is 16.4 Å². The molecule has 3 N–H and O–H groups in total. The maximum absolute atomic E-state index is 5.62. The van der Waals surface area contributed by atoms with Crippen LogP contribution >= 0.6 is 27.7 Å². The molecule has 0 radical (unpaired) electrons. The molecule has 0 fully saturated rings. The molecule has 1 aromatic heterocycles. The fourth-order valence-electron chi connectivity index (χ4n) is 1.62. The van der Waals surface area contributed by atoms with Crippen LogP contribution in [0.5, 0.6) is 0 Å². The molecule has 0 aliphatic carbocycles. The molecule has 0 aromatic carbocycles. The van der Waals surface area contributed by atoms with E-state index in [9.17, 15) is 0 Å². The Balaban J connectivity index is 2.93. The summed E-state index contributed by atoms with van der Waals surface area (Å²) < 4.78 is 3.03. The van der Waals surface area contributed by atoms with Gasteiger partial charge in [0, 0.05) is 6.04 Å². The van der Waals surface area contributed by atoms with E-state index < -0.39 is 0 Å². The van der Waals surface area contributed by atoms with Crippen LogP contribution in [0.25, 0.3) is 0 Å². The third-order valence-electron chi connectivity index (χ3n) is 2.42. The first-order valence-corrected chi connectivity index (χ1v) is 7.48. The van der Waals surface area contributed by atoms with E-state index in [4.69, 9.17) is 5.84 Å². The highest BCUT2D eigenvalue weighted by molar-refractivity contribution is 9.10. The van der Waals surface area contributed by atoms with E-state index in [0.29, 0.717) is 6.04 Å². The number of hydrazine groups is 1. The van der Waals surface area contributed by atoms with E-state index in [1.54, 1.807) is 0 Å². The predicted octanol–water partition coefficient (Wildman–Crippen LogP) is 2.48. The molecule has 16 heavy (non-hydrogen) atoms. The Bertz CT molecular complexity index is 327. The smallest absolute Gasteiger partial charge is 0.0712 e. The number of nitrogens with zero attached hydrogens (tertiary/aromatic N) is 2. The monoisotopic (exact) mass is 306 g/mol. The molecule has 0 aliphatic rings. The normalized spacial score (nSPS) is 13.4. The maximum Gasteiger partial charge on any atom is 0.0712 e. The minimum atomic E-state index is 0.145. The van der Waals surface area contributed by atoms with Crippen LogP contribution in [0.1, 0.15) is 38.0 Å². The number of rotatable bonds is 6. The van der Waals surface area contributed by atoms with Crippen molar-refractivity contribution >= 4 is 27.7 Å². The Morgan fingerprint density at radius 3 is 2.81 bits per heavy atom. The van der Waals surface area contributed by atoms with Gasteiger partial charge in [-0.15, -0.1) is 0 Å². The van der Waals surface area contributed by atoms with Crippen molar-refractivity contribution < 1.29 is 0 Å². The van der Waals surface area contributed by atoms with E-state index >= 15 is 0 Å². The summed E-state index contributed by atoms with van der Waals surface area (Å²) in [5.41, 5.74) is 4.00. The van der Waals surface area contributed by atoms with Crippen LogP contribution in [0.15, 0.2) is 10.7 Å². The van der Waals surface area contributed by atoms with Gasteiger partial charge in [-0.25, -0.2) is 0 Å². The Kier molecular flexibility index (Phi) is 5.82. The Morgan fingerprint density at radius 1 is 1.62 bits per heavy atom. The lowest BCUT2D eigenvalue weighted by atomic mass is 10.1. The minimum absolute atomic E-state index is 0.145. The first-order chi connectivity index (χ1) is 7.61. The number of aromatic nitrogens is 2. The standard InChI is InChI=1S/C10H19BrN4S/c1-7(2)15-10(8(11)6-13-15)9(14-12)4-5-16-3/h6-7,9,14H,4-5,12H2,1-3H3. The summed E-state index contributed by atoms with van der Waals surface area (Å²) in [7, 11) is 0. The van der Waals surface area contributed by atoms with Gasteiger partial charge in [-0.3, -0.25) is 16.0 Å². The molecule has 0 saturated heterocycles. The Labute approximate surface area is 109 Å². The molecule has 0 spiro atoms. The van der Waals surface area contributed by atoms with E-state index in [0.717, 1.165) is 22.3 Å². The largest absolute Gasteiger partial charge is 0.271 e. The van der Waals surface area contributed by atoms with Crippen molar-refractivity contribution in [2.75, 3.05) is 12.0 Å². The number of nitrogens with two attached hydrogens (primary N) is 1. The van der Waals surface area contributed by atoms with Crippen LogP contribution in [0, 0.1) is 0 Å². The third-order valence-corrected chi connectivity index (χ3v) is 3.67. The van der Waals surface area contributed by atoms with Crippen LogP contribution in [0.4, 0.5) is 0 Å². The van der Waals surface area contributed by atoms with E-state index in [1.165, 1.54) is 0 Å². The van der Waals surface area contributed by atoms with Crippen molar-refractivity contribution in [3.8, 4) is 0 Å². The molecular weight excluding hydrogens is 288 g/mol. The van der Waals surface area contributed by atoms with Crippen molar-refractivity contribution in [2.45, 2.75) is 32.4 Å². The molecule has 1 atom stereocenters. The van der Waals surface area contributed by atoms with Gasteiger partial charge in [0.2, 0.25) is 0 Å². The lowest BCUT2D eigenvalue weighted by Crippen LogP contribution is -2.31. The first-order valence-electron chi connectivity index (χ1n) is 5.29. The summed E-state index contributed by atoms with van der Waals surface area (Å²) in [5, 5.41) is 4.36. The topological polar surface area (TPSA) is 55.9 Å². The Hall–Kier alpha value is -0.0400. The zero-order valence-corrected chi connectivity index (χ0v) is 12.3. The highest BCUT2D eigenvalue weighted by Crippen LogP contribution is 2.28. The van der Waals surface area contributed by atoms with Crippen LogP contribution in [-0.4, -0.2) is 21.8 Å². The summed E-state index contributed by atoms with van der Waals surface area (Å²) in [6.45, 7) is 4.23. The Morgan fingerprint density at radius 2 is 2.31 bits per heavy atom. The molecule has 0 amide bonds. The maximum atomic E-state index is 5.62. The average molecular weight is 307 g/mol. The van der Waals surface area contributed by atoms with Crippen LogP contribution in [0.3, 0.4) is 0 Å². The second kappa shape index (κ2) is 6.64. The fourth-order valence-corrected chi connectivity index (χ4v) is 2.64. The lowest BCUT2D eigenvalue weighted by Gasteiger charge is -2.20.